The maximum Gasteiger partial charge on any atom is 0.346 e. The summed E-state index contributed by atoms with van der Waals surface area (Å²) < 4.78 is 12.6. The summed E-state index contributed by atoms with van der Waals surface area (Å²) in [6, 6.07) is 0.943. The van der Waals surface area contributed by atoms with E-state index < -0.39 is 8.56 Å². The molecule has 1 aliphatic rings. The molecule has 0 spiro atoms. The molecule has 0 aromatic heterocycles. The van der Waals surface area contributed by atoms with E-state index >= 15 is 0 Å². The Morgan fingerprint density at radius 3 is 1.88 bits per heavy atom. The van der Waals surface area contributed by atoms with E-state index in [0.717, 1.165) is 12.0 Å². The monoisotopic (exact) mass is 256 g/mol. The second kappa shape index (κ2) is 5.68. The SMILES string of the molecule is C=C(C)C[Si](OC(C)C)(OC(C)C)C1CC1C. The van der Waals surface area contributed by atoms with Crippen molar-refractivity contribution >= 4 is 8.56 Å². The second-order valence-electron chi connectivity index (χ2n) is 6.10. The summed E-state index contributed by atoms with van der Waals surface area (Å²) in [5.41, 5.74) is 1.85. The first-order chi connectivity index (χ1) is 7.77. The summed E-state index contributed by atoms with van der Waals surface area (Å²) in [4.78, 5) is 0. The molecule has 0 heterocycles. The summed E-state index contributed by atoms with van der Waals surface area (Å²) in [5, 5.41) is 0. The third-order valence-electron chi connectivity index (χ3n) is 3.09. The Balaban J connectivity index is 2.87. The lowest BCUT2D eigenvalue weighted by atomic mass is 10.4. The van der Waals surface area contributed by atoms with Gasteiger partial charge in [-0.3, -0.25) is 0 Å². The van der Waals surface area contributed by atoms with Crippen LogP contribution >= 0.6 is 0 Å². The van der Waals surface area contributed by atoms with E-state index in [1.807, 2.05) is 0 Å². The first-order valence-corrected chi connectivity index (χ1v) is 8.87. The van der Waals surface area contributed by atoms with Gasteiger partial charge in [0.1, 0.15) is 0 Å². The highest BCUT2D eigenvalue weighted by Crippen LogP contribution is 2.54. The lowest BCUT2D eigenvalue weighted by Crippen LogP contribution is -2.47. The fraction of sp³-hybridized carbons (Fsp3) is 0.857. The van der Waals surface area contributed by atoms with Crippen molar-refractivity contribution in [2.24, 2.45) is 5.92 Å². The van der Waals surface area contributed by atoms with Crippen molar-refractivity contribution in [3.05, 3.63) is 12.2 Å². The Kier molecular flexibility index (Phi) is 4.99. The molecule has 2 atom stereocenters. The largest absolute Gasteiger partial charge is 0.391 e. The number of rotatable bonds is 7. The summed E-state index contributed by atoms with van der Waals surface area (Å²) in [5.74, 6) is 0.763. The first kappa shape index (κ1) is 14.9. The van der Waals surface area contributed by atoms with Crippen molar-refractivity contribution in [2.45, 2.75) is 71.8 Å². The van der Waals surface area contributed by atoms with Crippen LogP contribution in [0, 0.1) is 5.92 Å². The minimum atomic E-state index is -2.11. The van der Waals surface area contributed by atoms with E-state index in [1.165, 1.54) is 12.0 Å². The van der Waals surface area contributed by atoms with E-state index in [-0.39, 0.29) is 12.2 Å². The zero-order chi connectivity index (χ0) is 13.2. The van der Waals surface area contributed by atoms with Crippen LogP contribution in [0.1, 0.15) is 48.0 Å². The minimum Gasteiger partial charge on any atom is -0.391 e. The van der Waals surface area contributed by atoms with Gasteiger partial charge >= 0.3 is 8.56 Å². The summed E-state index contributed by atoms with van der Waals surface area (Å²) in [6.07, 6.45) is 1.75. The van der Waals surface area contributed by atoms with Gasteiger partial charge in [0.25, 0.3) is 0 Å². The molecule has 1 saturated carbocycles. The van der Waals surface area contributed by atoms with Crippen molar-refractivity contribution in [2.75, 3.05) is 0 Å². The van der Waals surface area contributed by atoms with Gasteiger partial charge in [0.15, 0.2) is 0 Å². The molecule has 0 aromatic carbocycles. The van der Waals surface area contributed by atoms with Gasteiger partial charge < -0.3 is 8.85 Å². The highest BCUT2D eigenvalue weighted by molar-refractivity contribution is 6.70. The predicted octanol–water partition coefficient (Wildman–Crippen LogP) is 4.26. The van der Waals surface area contributed by atoms with Crippen LogP contribution in [0.4, 0.5) is 0 Å². The Morgan fingerprint density at radius 2 is 1.65 bits per heavy atom. The molecule has 3 heteroatoms. The Hall–Kier alpha value is -0.123. The molecule has 2 unspecified atom stereocenters. The summed E-state index contributed by atoms with van der Waals surface area (Å²) >= 11 is 0. The Bertz CT molecular complexity index is 263. The molecule has 1 fully saturated rings. The molecule has 0 amide bonds. The van der Waals surface area contributed by atoms with E-state index in [1.54, 1.807) is 0 Å². The normalized spacial score (nSPS) is 24.5. The van der Waals surface area contributed by atoms with Gasteiger partial charge in [-0.15, -0.1) is 6.58 Å². The first-order valence-electron chi connectivity index (χ1n) is 6.77. The third-order valence-corrected chi connectivity index (χ3v) is 7.86. The molecule has 0 N–H and O–H groups in total. The van der Waals surface area contributed by atoms with E-state index in [4.69, 9.17) is 8.85 Å². The number of allylic oxidation sites excluding steroid dienone is 1. The van der Waals surface area contributed by atoms with Crippen LogP contribution in [-0.2, 0) is 8.85 Å². The van der Waals surface area contributed by atoms with E-state index in [2.05, 4.69) is 48.1 Å². The molecule has 0 saturated heterocycles. The topological polar surface area (TPSA) is 18.5 Å². The highest BCUT2D eigenvalue weighted by Gasteiger charge is 2.57. The average molecular weight is 256 g/mol. The summed E-state index contributed by atoms with van der Waals surface area (Å²) in [6.45, 7) is 16.9. The van der Waals surface area contributed by atoms with E-state index in [9.17, 15) is 0 Å². The second-order valence-corrected chi connectivity index (χ2v) is 9.29. The molecule has 1 rings (SSSR count). The third kappa shape index (κ3) is 4.23. The molecule has 0 aromatic rings. The van der Waals surface area contributed by atoms with Crippen LogP contribution in [0.25, 0.3) is 0 Å². The zero-order valence-electron chi connectivity index (χ0n) is 12.2. The molecule has 0 radical (unpaired) electrons. The Labute approximate surface area is 108 Å². The smallest absolute Gasteiger partial charge is 0.346 e. The average Bonchev–Trinajstić information content (AvgIpc) is 2.78. The number of hydrogen-bond donors (Lipinski definition) is 0. The van der Waals surface area contributed by atoms with Gasteiger partial charge in [0.05, 0.1) is 0 Å². The molecule has 2 nitrogen and oxygen atoms in total. The fourth-order valence-electron chi connectivity index (χ4n) is 2.57. The lowest BCUT2D eigenvalue weighted by Gasteiger charge is -2.35. The molecule has 17 heavy (non-hydrogen) atoms. The van der Waals surface area contributed by atoms with Gasteiger partial charge in [-0.25, -0.2) is 0 Å². The van der Waals surface area contributed by atoms with Crippen molar-refractivity contribution < 1.29 is 8.85 Å². The molecular formula is C14H28O2Si. The number of hydrogen-bond acceptors (Lipinski definition) is 2. The maximum absolute atomic E-state index is 6.31. The highest BCUT2D eigenvalue weighted by atomic mass is 28.4. The maximum atomic E-state index is 6.31. The van der Waals surface area contributed by atoms with Crippen LogP contribution in [0.5, 0.6) is 0 Å². The van der Waals surface area contributed by atoms with Crippen LogP contribution in [0.15, 0.2) is 12.2 Å². The standard InChI is InChI=1S/C14H28O2Si/c1-10(2)9-17(15-11(3)4,16-12(5)6)14-8-13(14)7/h11-14H,1,8-9H2,2-7H3. The zero-order valence-corrected chi connectivity index (χ0v) is 13.2. The lowest BCUT2D eigenvalue weighted by molar-refractivity contribution is 0.104. The molecule has 0 aliphatic heterocycles. The van der Waals surface area contributed by atoms with Crippen LogP contribution in [0.3, 0.4) is 0 Å². The molecule has 100 valence electrons. The van der Waals surface area contributed by atoms with Crippen molar-refractivity contribution in [1.29, 1.82) is 0 Å². The van der Waals surface area contributed by atoms with Crippen molar-refractivity contribution in [3.63, 3.8) is 0 Å². The van der Waals surface area contributed by atoms with E-state index in [0.29, 0.717) is 5.54 Å². The van der Waals surface area contributed by atoms with Gasteiger partial charge in [-0.2, -0.15) is 0 Å². The fourth-order valence-corrected chi connectivity index (χ4v) is 7.44. The van der Waals surface area contributed by atoms with Gasteiger partial charge in [-0.05, 0) is 47.0 Å². The minimum absolute atomic E-state index is 0.243. The Morgan fingerprint density at radius 1 is 1.24 bits per heavy atom. The van der Waals surface area contributed by atoms with Crippen LogP contribution in [-0.4, -0.2) is 20.8 Å². The predicted molar refractivity (Wildman–Crippen MR) is 75.3 cm³/mol. The molecular weight excluding hydrogens is 228 g/mol. The molecule has 0 bridgehead atoms. The van der Waals surface area contributed by atoms with Gasteiger partial charge in [0.2, 0.25) is 0 Å². The van der Waals surface area contributed by atoms with Gasteiger partial charge in [-0.1, -0.05) is 12.5 Å². The van der Waals surface area contributed by atoms with Crippen LogP contribution in [0.2, 0.25) is 11.6 Å². The van der Waals surface area contributed by atoms with Crippen molar-refractivity contribution in [3.8, 4) is 0 Å². The van der Waals surface area contributed by atoms with Gasteiger partial charge in [0, 0.05) is 23.8 Å². The van der Waals surface area contributed by atoms with Crippen LogP contribution < -0.4 is 0 Å². The summed E-state index contributed by atoms with van der Waals surface area (Å²) in [7, 11) is -2.11. The van der Waals surface area contributed by atoms with Crippen molar-refractivity contribution in [1.82, 2.24) is 0 Å². The molecule has 1 aliphatic carbocycles. The quantitative estimate of drug-likeness (QED) is 0.500.